The number of anilines is 1. The smallest absolute Gasteiger partial charge is 0.262 e. The van der Waals surface area contributed by atoms with E-state index >= 15 is 0 Å². The summed E-state index contributed by atoms with van der Waals surface area (Å²) < 4.78 is 27.3. The minimum Gasteiger partial charge on any atom is -0.312 e. The molecule has 0 unspecified atom stereocenters. The summed E-state index contributed by atoms with van der Waals surface area (Å²) in [5.74, 6) is 0. The average molecular weight is 325 g/mol. The van der Waals surface area contributed by atoms with Crippen molar-refractivity contribution in [2.24, 2.45) is 0 Å². The highest BCUT2D eigenvalue weighted by Crippen LogP contribution is 2.23. The molecular weight excluding hydrogens is 306 g/mol. The number of nitrogens with one attached hydrogen (secondary N) is 2. The number of nitrogens with zero attached hydrogens (tertiary/aromatic N) is 1. The average Bonchev–Trinajstić information content (AvgIpc) is 2.91. The van der Waals surface area contributed by atoms with Gasteiger partial charge >= 0.3 is 0 Å². The van der Waals surface area contributed by atoms with Crippen LogP contribution in [0.1, 0.15) is 23.8 Å². The molecule has 2 N–H and O–H groups in total. The van der Waals surface area contributed by atoms with Crippen molar-refractivity contribution in [2.45, 2.75) is 31.7 Å². The van der Waals surface area contributed by atoms with Crippen LogP contribution in [0.15, 0.2) is 34.8 Å². The van der Waals surface area contributed by atoms with Crippen LogP contribution in [0.2, 0.25) is 0 Å². The fraction of sp³-hybridized carbons (Fsp3) is 0.357. The van der Waals surface area contributed by atoms with Gasteiger partial charge in [0.1, 0.15) is 0 Å². The van der Waals surface area contributed by atoms with E-state index in [0.29, 0.717) is 17.1 Å². The summed E-state index contributed by atoms with van der Waals surface area (Å²) in [5, 5.41) is 4.92. The van der Waals surface area contributed by atoms with Crippen LogP contribution in [-0.4, -0.2) is 19.9 Å². The molecule has 5 nitrogen and oxygen atoms in total. The SMILES string of the molecule is CCCNCc1cc(S(=O)(=O)Nc2cnccc2C)cs1. The lowest BCUT2D eigenvalue weighted by Crippen LogP contribution is -2.14. The minimum absolute atomic E-state index is 0.295. The van der Waals surface area contributed by atoms with Crippen LogP contribution in [0.5, 0.6) is 0 Å². The monoisotopic (exact) mass is 325 g/mol. The maximum absolute atomic E-state index is 12.3. The van der Waals surface area contributed by atoms with Crippen molar-refractivity contribution in [1.82, 2.24) is 10.3 Å². The van der Waals surface area contributed by atoms with Gasteiger partial charge in [0.15, 0.2) is 0 Å². The number of pyridine rings is 1. The fourth-order valence-electron chi connectivity index (χ4n) is 1.76. The molecule has 0 bridgehead atoms. The van der Waals surface area contributed by atoms with Crippen LogP contribution in [0.25, 0.3) is 0 Å². The number of thiophene rings is 1. The number of hydrogen-bond acceptors (Lipinski definition) is 5. The Morgan fingerprint density at radius 1 is 1.38 bits per heavy atom. The molecule has 0 radical (unpaired) electrons. The van der Waals surface area contributed by atoms with Crippen molar-refractivity contribution in [3.63, 3.8) is 0 Å². The first kappa shape index (κ1) is 15.9. The predicted molar refractivity (Wildman–Crippen MR) is 86.1 cm³/mol. The third kappa shape index (κ3) is 4.26. The second-order valence-corrected chi connectivity index (χ2v) is 7.40. The first-order chi connectivity index (χ1) is 10.0. The van der Waals surface area contributed by atoms with E-state index in [1.54, 1.807) is 23.7 Å². The van der Waals surface area contributed by atoms with Crippen molar-refractivity contribution in [3.05, 3.63) is 40.3 Å². The largest absolute Gasteiger partial charge is 0.312 e. The van der Waals surface area contributed by atoms with Crippen molar-refractivity contribution >= 4 is 27.0 Å². The fourth-order valence-corrected chi connectivity index (χ4v) is 4.12. The summed E-state index contributed by atoms with van der Waals surface area (Å²) in [6, 6.07) is 3.48. The van der Waals surface area contributed by atoms with Crippen LogP contribution in [-0.2, 0) is 16.6 Å². The summed E-state index contributed by atoms with van der Waals surface area (Å²) in [6.45, 7) is 5.55. The third-order valence-electron chi connectivity index (χ3n) is 2.95. The highest BCUT2D eigenvalue weighted by Gasteiger charge is 2.17. The summed E-state index contributed by atoms with van der Waals surface area (Å²) in [7, 11) is -3.55. The van der Waals surface area contributed by atoms with Gasteiger partial charge in [0.25, 0.3) is 10.0 Å². The number of sulfonamides is 1. The topological polar surface area (TPSA) is 71.1 Å². The van der Waals surface area contributed by atoms with Crippen molar-refractivity contribution in [3.8, 4) is 0 Å². The molecule has 7 heteroatoms. The van der Waals surface area contributed by atoms with Crippen molar-refractivity contribution in [1.29, 1.82) is 0 Å². The molecule has 0 aromatic carbocycles. The van der Waals surface area contributed by atoms with Crippen LogP contribution < -0.4 is 10.0 Å². The van der Waals surface area contributed by atoms with Gasteiger partial charge in [-0.15, -0.1) is 11.3 Å². The molecule has 21 heavy (non-hydrogen) atoms. The number of aryl methyl sites for hydroxylation is 1. The molecule has 2 aromatic heterocycles. The molecule has 0 saturated carbocycles. The van der Waals surface area contributed by atoms with Gasteiger partial charge in [-0.05, 0) is 37.6 Å². The van der Waals surface area contributed by atoms with Crippen LogP contribution in [0.3, 0.4) is 0 Å². The van der Waals surface area contributed by atoms with Gasteiger partial charge in [0.05, 0.1) is 16.8 Å². The van der Waals surface area contributed by atoms with Gasteiger partial charge < -0.3 is 5.32 Å². The molecule has 2 rings (SSSR count). The second kappa shape index (κ2) is 7.02. The molecule has 0 fully saturated rings. The normalized spacial score (nSPS) is 11.5. The molecule has 0 aliphatic carbocycles. The summed E-state index contributed by atoms with van der Waals surface area (Å²) >= 11 is 1.44. The van der Waals surface area contributed by atoms with E-state index in [1.165, 1.54) is 17.5 Å². The standard InChI is InChI=1S/C14H19N3O2S2/c1-3-5-15-8-12-7-13(10-20-12)21(18,19)17-14-9-16-6-4-11(14)2/h4,6-7,9-10,15,17H,3,5,8H2,1-2H3. The first-order valence-electron chi connectivity index (χ1n) is 6.74. The Kier molecular flexibility index (Phi) is 5.33. The zero-order valence-corrected chi connectivity index (χ0v) is 13.7. The van der Waals surface area contributed by atoms with Crippen molar-refractivity contribution in [2.75, 3.05) is 11.3 Å². The Hall–Kier alpha value is -1.44. The first-order valence-corrected chi connectivity index (χ1v) is 9.11. The number of rotatable bonds is 7. The maximum atomic E-state index is 12.3. The lowest BCUT2D eigenvalue weighted by Gasteiger charge is -2.08. The molecular formula is C14H19N3O2S2. The second-order valence-electron chi connectivity index (χ2n) is 4.72. The lowest BCUT2D eigenvalue weighted by atomic mass is 10.3. The van der Waals surface area contributed by atoms with Crippen molar-refractivity contribution < 1.29 is 8.42 Å². The van der Waals surface area contributed by atoms with Gasteiger partial charge in [0, 0.05) is 23.0 Å². The van der Waals surface area contributed by atoms with E-state index in [9.17, 15) is 8.42 Å². The van der Waals surface area contributed by atoms with Gasteiger partial charge in [0.2, 0.25) is 0 Å². The van der Waals surface area contributed by atoms with Gasteiger partial charge in [-0.1, -0.05) is 6.92 Å². The molecule has 0 atom stereocenters. The highest BCUT2D eigenvalue weighted by atomic mass is 32.2. The zero-order valence-electron chi connectivity index (χ0n) is 12.1. The number of hydrogen-bond donors (Lipinski definition) is 2. The maximum Gasteiger partial charge on any atom is 0.262 e. The molecule has 2 heterocycles. The molecule has 114 valence electrons. The molecule has 0 aliphatic rings. The van der Waals surface area contributed by atoms with Gasteiger partial charge in [-0.2, -0.15) is 0 Å². The summed E-state index contributed by atoms with van der Waals surface area (Å²) in [5.41, 5.74) is 1.35. The third-order valence-corrected chi connectivity index (χ3v) is 5.38. The van der Waals surface area contributed by atoms with Gasteiger partial charge in [-0.25, -0.2) is 8.42 Å². The predicted octanol–water partition coefficient (Wildman–Crippen LogP) is 2.75. The Bertz CT molecular complexity index is 696. The van der Waals surface area contributed by atoms with E-state index in [-0.39, 0.29) is 0 Å². The quantitative estimate of drug-likeness (QED) is 0.768. The Balaban J connectivity index is 2.11. The van der Waals surface area contributed by atoms with Gasteiger partial charge in [-0.3, -0.25) is 9.71 Å². The Morgan fingerprint density at radius 2 is 2.19 bits per heavy atom. The van der Waals surface area contributed by atoms with E-state index in [1.807, 2.05) is 6.92 Å². The highest BCUT2D eigenvalue weighted by molar-refractivity contribution is 7.92. The molecule has 0 aliphatic heterocycles. The minimum atomic E-state index is -3.55. The van der Waals surface area contributed by atoms with E-state index in [0.717, 1.165) is 23.4 Å². The van der Waals surface area contributed by atoms with E-state index in [4.69, 9.17) is 0 Å². The Labute approximate surface area is 129 Å². The van der Waals surface area contributed by atoms with Crippen LogP contribution >= 0.6 is 11.3 Å². The van der Waals surface area contributed by atoms with Crippen LogP contribution in [0.4, 0.5) is 5.69 Å². The lowest BCUT2D eigenvalue weighted by molar-refractivity contribution is 0.601. The van der Waals surface area contributed by atoms with E-state index in [2.05, 4.69) is 21.9 Å². The molecule has 2 aromatic rings. The number of aromatic nitrogens is 1. The van der Waals surface area contributed by atoms with E-state index < -0.39 is 10.0 Å². The summed E-state index contributed by atoms with van der Waals surface area (Å²) in [4.78, 5) is 5.25. The summed E-state index contributed by atoms with van der Waals surface area (Å²) in [6.07, 6.45) is 4.20. The zero-order chi connectivity index (χ0) is 15.3. The Morgan fingerprint density at radius 3 is 2.90 bits per heavy atom. The molecule has 0 amide bonds. The molecule has 0 saturated heterocycles. The van der Waals surface area contributed by atoms with Crippen LogP contribution in [0, 0.1) is 6.92 Å². The molecule has 0 spiro atoms.